The van der Waals surface area contributed by atoms with E-state index < -0.39 is 6.10 Å². The van der Waals surface area contributed by atoms with E-state index in [1.807, 2.05) is 34.6 Å². The quantitative estimate of drug-likeness (QED) is 0.428. The molecular weight excluding hydrogens is 316 g/mol. The fourth-order valence-electron chi connectivity index (χ4n) is 1.67. The monoisotopic (exact) mass is 352 g/mol. The van der Waals surface area contributed by atoms with Gasteiger partial charge in [-0.2, -0.15) is 0 Å². The lowest BCUT2D eigenvalue weighted by Gasteiger charge is -2.21. The molecule has 0 aliphatic carbocycles. The van der Waals surface area contributed by atoms with Gasteiger partial charge >= 0.3 is 0 Å². The van der Waals surface area contributed by atoms with Crippen molar-refractivity contribution in [2.45, 2.75) is 65.1 Å². The molecule has 0 fully saturated rings. The number of hydrogen-bond donors (Lipinski definition) is 2. The summed E-state index contributed by atoms with van der Waals surface area (Å²) in [5.74, 6) is 0. The first-order chi connectivity index (χ1) is 11.4. The van der Waals surface area contributed by atoms with Gasteiger partial charge in [-0.1, -0.05) is 0 Å². The standard InChI is InChI=1S/C17H36O7/c1-6-20-11-17(19)12-24-16(5)10-23-15(4)9-22-14(3)8-21-13(2)7-18/h13-19H,6-12H2,1-5H3. The van der Waals surface area contributed by atoms with Crippen molar-refractivity contribution in [2.75, 3.05) is 46.2 Å². The van der Waals surface area contributed by atoms with E-state index in [4.69, 9.17) is 28.8 Å². The van der Waals surface area contributed by atoms with Crippen LogP contribution in [-0.2, 0) is 23.7 Å². The van der Waals surface area contributed by atoms with Crippen LogP contribution in [0.2, 0.25) is 0 Å². The summed E-state index contributed by atoms with van der Waals surface area (Å²) in [4.78, 5) is 0. The molecule has 0 spiro atoms. The highest BCUT2D eigenvalue weighted by atomic mass is 16.6. The summed E-state index contributed by atoms with van der Waals surface area (Å²) in [6.45, 7) is 11.9. The third-order valence-corrected chi connectivity index (χ3v) is 3.19. The molecule has 0 heterocycles. The van der Waals surface area contributed by atoms with Crippen molar-refractivity contribution in [3.05, 3.63) is 0 Å². The average molecular weight is 352 g/mol. The molecule has 0 aromatic rings. The Balaban J connectivity index is 3.67. The maximum atomic E-state index is 9.62. The molecule has 5 unspecified atom stereocenters. The van der Waals surface area contributed by atoms with E-state index in [2.05, 4.69) is 0 Å². The van der Waals surface area contributed by atoms with Crippen LogP contribution >= 0.6 is 0 Å². The van der Waals surface area contributed by atoms with Gasteiger partial charge in [0.1, 0.15) is 6.10 Å². The van der Waals surface area contributed by atoms with Crippen molar-refractivity contribution in [1.82, 2.24) is 0 Å². The fraction of sp³-hybridized carbons (Fsp3) is 1.00. The molecule has 24 heavy (non-hydrogen) atoms. The number of ether oxygens (including phenoxy) is 5. The molecule has 0 saturated carbocycles. The molecule has 7 nitrogen and oxygen atoms in total. The topological polar surface area (TPSA) is 86.6 Å². The fourth-order valence-corrected chi connectivity index (χ4v) is 1.67. The zero-order valence-electron chi connectivity index (χ0n) is 15.8. The van der Waals surface area contributed by atoms with Crippen LogP contribution in [0, 0.1) is 0 Å². The van der Waals surface area contributed by atoms with E-state index in [0.717, 1.165) is 0 Å². The maximum absolute atomic E-state index is 9.62. The molecule has 5 atom stereocenters. The first-order valence-corrected chi connectivity index (χ1v) is 8.72. The third kappa shape index (κ3) is 14.1. The highest BCUT2D eigenvalue weighted by Gasteiger charge is 2.12. The van der Waals surface area contributed by atoms with Gasteiger partial charge in [-0.25, -0.2) is 0 Å². The molecule has 0 amide bonds. The van der Waals surface area contributed by atoms with Crippen molar-refractivity contribution >= 4 is 0 Å². The number of hydrogen-bond acceptors (Lipinski definition) is 7. The highest BCUT2D eigenvalue weighted by Crippen LogP contribution is 2.02. The minimum absolute atomic E-state index is 0.00336. The van der Waals surface area contributed by atoms with Gasteiger partial charge in [0.15, 0.2) is 0 Å². The Labute approximate surface area is 146 Å². The van der Waals surface area contributed by atoms with Crippen LogP contribution in [0.5, 0.6) is 0 Å². The molecule has 0 saturated heterocycles. The Morgan fingerprint density at radius 1 is 0.667 bits per heavy atom. The Hall–Kier alpha value is -0.280. The van der Waals surface area contributed by atoms with Gasteiger partial charge in [0.2, 0.25) is 0 Å². The summed E-state index contributed by atoms with van der Waals surface area (Å²) in [7, 11) is 0. The first kappa shape index (κ1) is 23.7. The van der Waals surface area contributed by atoms with E-state index in [-0.39, 0.29) is 44.2 Å². The molecule has 146 valence electrons. The molecule has 0 aromatic heterocycles. The van der Waals surface area contributed by atoms with Gasteiger partial charge in [0.05, 0.1) is 64.1 Å². The van der Waals surface area contributed by atoms with Crippen LogP contribution in [-0.4, -0.2) is 87.0 Å². The Morgan fingerprint density at radius 2 is 1.08 bits per heavy atom. The summed E-state index contributed by atoms with van der Waals surface area (Å²) in [6.07, 6.45) is -1.04. The largest absolute Gasteiger partial charge is 0.394 e. The summed E-state index contributed by atoms with van der Waals surface area (Å²) >= 11 is 0. The zero-order chi connectivity index (χ0) is 18.4. The van der Waals surface area contributed by atoms with Gasteiger partial charge in [-0.05, 0) is 34.6 Å². The number of aliphatic hydroxyl groups is 2. The summed E-state index contributed by atoms with van der Waals surface area (Å²) in [5.41, 5.74) is 0. The van der Waals surface area contributed by atoms with Crippen molar-refractivity contribution in [1.29, 1.82) is 0 Å². The summed E-state index contributed by atoms with van der Waals surface area (Å²) in [6, 6.07) is 0. The molecule has 7 heteroatoms. The van der Waals surface area contributed by atoms with Crippen LogP contribution < -0.4 is 0 Å². The summed E-state index contributed by atoms with van der Waals surface area (Å²) < 4.78 is 27.3. The van der Waals surface area contributed by atoms with Crippen LogP contribution in [0.15, 0.2) is 0 Å². The smallest absolute Gasteiger partial charge is 0.101 e. The molecule has 0 radical (unpaired) electrons. The highest BCUT2D eigenvalue weighted by molar-refractivity contribution is 4.58. The van der Waals surface area contributed by atoms with Gasteiger partial charge in [0.25, 0.3) is 0 Å². The third-order valence-electron chi connectivity index (χ3n) is 3.19. The zero-order valence-corrected chi connectivity index (χ0v) is 15.8. The molecule has 0 rings (SSSR count). The predicted octanol–water partition coefficient (Wildman–Crippen LogP) is 0.997. The molecule has 0 aliphatic heterocycles. The molecule has 0 aromatic carbocycles. The average Bonchev–Trinajstić information content (AvgIpc) is 2.58. The predicted molar refractivity (Wildman–Crippen MR) is 91.2 cm³/mol. The van der Waals surface area contributed by atoms with E-state index >= 15 is 0 Å². The second kappa shape index (κ2) is 15.0. The maximum Gasteiger partial charge on any atom is 0.101 e. The second-order valence-electron chi connectivity index (χ2n) is 6.07. The van der Waals surface area contributed by atoms with Crippen LogP contribution in [0.4, 0.5) is 0 Å². The lowest BCUT2D eigenvalue weighted by atomic mass is 10.3. The number of aliphatic hydroxyl groups excluding tert-OH is 2. The normalized spacial score (nSPS) is 18.1. The van der Waals surface area contributed by atoms with E-state index in [0.29, 0.717) is 26.4 Å². The molecule has 0 bridgehead atoms. The lowest BCUT2D eigenvalue weighted by molar-refractivity contribution is -0.0983. The van der Waals surface area contributed by atoms with Crippen LogP contribution in [0.1, 0.15) is 34.6 Å². The molecule has 2 N–H and O–H groups in total. The molecular formula is C17H36O7. The van der Waals surface area contributed by atoms with Crippen molar-refractivity contribution < 1.29 is 33.9 Å². The van der Waals surface area contributed by atoms with Crippen molar-refractivity contribution in [2.24, 2.45) is 0 Å². The Morgan fingerprint density at radius 3 is 1.50 bits per heavy atom. The van der Waals surface area contributed by atoms with Gasteiger partial charge < -0.3 is 33.9 Å². The number of rotatable bonds is 16. The second-order valence-corrected chi connectivity index (χ2v) is 6.07. The minimum atomic E-state index is -0.615. The molecule has 0 aliphatic rings. The van der Waals surface area contributed by atoms with Crippen LogP contribution in [0.3, 0.4) is 0 Å². The van der Waals surface area contributed by atoms with Crippen LogP contribution in [0.25, 0.3) is 0 Å². The first-order valence-electron chi connectivity index (χ1n) is 8.72. The van der Waals surface area contributed by atoms with Crippen molar-refractivity contribution in [3.8, 4) is 0 Å². The van der Waals surface area contributed by atoms with Gasteiger partial charge in [0, 0.05) is 6.61 Å². The SMILES string of the molecule is CCOCC(O)COC(C)COC(C)COC(C)COC(C)CO. The lowest BCUT2D eigenvalue weighted by Crippen LogP contribution is -2.30. The summed E-state index contributed by atoms with van der Waals surface area (Å²) in [5, 5.41) is 18.5. The minimum Gasteiger partial charge on any atom is -0.394 e. The van der Waals surface area contributed by atoms with Crippen molar-refractivity contribution in [3.63, 3.8) is 0 Å². The van der Waals surface area contributed by atoms with Gasteiger partial charge in [-0.15, -0.1) is 0 Å². The van der Waals surface area contributed by atoms with E-state index in [1.165, 1.54) is 0 Å². The van der Waals surface area contributed by atoms with Gasteiger partial charge in [-0.3, -0.25) is 0 Å². The Kier molecular flexibility index (Phi) is 14.8. The van der Waals surface area contributed by atoms with E-state index in [1.54, 1.807) is 0 Å². The Bertz CT molecular complexity index is 278. The van der Waals surface area contributed by atoms with E-state index in [9.17, 15) is 5.11 Å².